The molecule has 120 valence electrons. The highest BCUT2D eigenvalue weighted by atomic mass is 16.6. The van der Waals surface area contributed by atoms with Gasteiger partial charge in [-0.3, -0.25) is 9.69 Å². The summed E-state index contributed by atoms with van der Waals surface area (Å²) in [5.74, 6) is 2.52. The van der Waals surface area contributed by atoms with E-state index in [2.05, 4.69) is 11.2 Å². The summed E-state index contributed by atoms with van der Waals surface area (Å²) in [7, 11) is 0. The predicted octanol–water partition coefficient (Wildman–Crippen LogP) is 2.52. The van der Waals surface area contributed by atoms with Crippen molar-refractivity contribution in [3.63, 3.8) is 0 Å². The van der Waals surface area contributed by atoms with Gasteiger partial charge < -0.3 is 10.1 Å². The zero-order valence-corrected chi connectivity index (χ0v) is 13.6. The number of fused-ring (bicyclic) bond motifs is 2. The van der Waals surface area contributed by atoms with Gasteiger partial charge in [0.15, 0.2) is 0 Å². The van der Waals surface area contributed by atoms with E-state index in [-0.39, 0.29) is 12.5 Å². The first kappa shape index (κ1) is 15.4. The summed E-state index contributed by atoms with van der Waals surface area (Å²) in [5, 5.41) is 2.90. The molecule has 3 rings (SSSR count). The third-order valence-electron chi connectivity index (χ3n) is 4.30. The zero-order chi connectivity index (χ0) is 16.8. The second-order valence-corrected chi connectivity index (χ2v) is 7.08. The van der Waals surface area contributed by atoms with Crippen molar-refractivity contribution in [3.8, 4) is 12.3 Å². The van der Waals surface area contributed by atoms with Crippen molar-refractivity contribution < 1.29 is 14.3 Å². The summed E-state index contributed by atoms with van der Waals surface area (Å²) in [6, 6.07) is 7.09. The molecule has 23 heavy (non-hydrogen) atoms. The smallest absolute Gasteiger partial charge is 0.411 e. The molecule has 5 heteroatoms. The van der Waals surface area contributed by atoms with Gasteiger partial charge in [-0.2, -0.15) is 0 Å². The third-order valence-corrected chi connectivity index (χ3v) is 4.30. The average molecular weight is 312 g/mol. The Hall–Kier alpha value is -2.48. The number of carbonyl (C=O) groups excluding carboxylic acids is 2. The first-order valence-electron chi connectivity index (χ1n) is 7.63. The number of amides is 2. The molecule has 0 radical (unpaired) electrons. The number of carbonyl (C=O) groups is 2. The van der Waals surface area contributed by atoms with Gasteiger partial charge in [-0.1, -0.05) is 24.1 Å². The minimum Gasteiger partial charge on any atom is -0.444 e. The van der Waals surface area contributed by atoms with Gasteiger partial charge in [0.2, 0.25) is 5.91 Å². The lowest BCUT2D eigenvalue weighted by atomic mass is 9.80. The van der Waals surface area contributed by atoms with Crippen molar-refractivity contribution in [2.45, 2.75) is 44.2 Å². The largest absolute Gasteiger partial charge is 0.444 e. The molecule has 2 heterocycles. The average Bonchev–Trinajstić information content (AvgIpc) is 2.98. The number of ether oxygens (including phenoxy) is 1. The number of para-hydroxylation sites is 1. The first-order chi connectivity index (χ1) is 10.8. The Bertz CT molecular complexity index is 714. The number of hydrogen-bond donors (Lipinski definition) is 1. The molecule has 5 nitrogen and oxygen atoms in total. The van der Waals surface area contributed by atoms with Crippen LogP contribution in [-0.4, -0.2) is 35.1 Å². The molecule has 0 bridgehead atoms. The number of anilines is 1. The van der Waals surface area contributed by atoms with Crippen molar-refractivity contribution >= 4 is 17.7 Å². The monoisotopic (exact) mass is 312 g/mol. The summed E-state index contributed by atoms with van der Waals surface area (Å²) in [6.07, 6.45) is 5.54. The molecular formula is C18H20N2O3. The van der Waals surface area contributed by atoms with Crippen LogP contribution in [0.4, 0.5) is 10.5 Å². The van der Waals surface area contributed by atoms with Gasteiger partial charge >= 0.3 is 6.09 Å². The number of terminal acetylenes is 1. The molecule has 1 fully saturated rings. The van der Waals surface area contributed by atoms with E-state index in [1.165, 1.54) is 4.90 Å². The number of rotatable bonds is 0. The van der Waals surface area contributed by atoms with Crippen LogP contribution in [0.3, 0.4) is 0 Å². The Kier molecular flexibility index (Phi) is 3.36. The van der Waals surface area contributed by atoms with Crippen molar-refractivity contribution in [2.75, 3.05) is 11.9 Å². The summed E-state index contributed by atoms with van der Waals surface area (Å²) < 4.78 is 5.44. The van der Waals surface area contributed by atoms with E-state index < -0.39 is 23.2 Å². The van der Waals surface area contributed by atoms with E-state index in [1.54, 1.807) is 20.8 Å². The maximum Gasteiger partial charge on any atom is 0.411 e. The minimum absolute atomic E-state index is 0.106. The second kappa shape index (κ2) is 5.02. The van der Waals surface area contributed by atoms with Gasteiger partial charge in [0.25, 0.3) is 0 Å². The van der Waals surface area contributed by atoms with Gasteiger partial charge in [-0.05, 0) is 38.8 Å². The fourth-order valence-electron chi connectivity index (χ4n) is 3.30. The van der Waals surface area contributed by atoms with Gasteiger partial charge in [-0.25, -0.2) is 4.79 Å². The fraction of sp³-hybridized carbons (Fsp3) is 0.444. The van der Waals surface area contributed by atoms with Crippen LogP contribution >= 0.6 is 0 Å². The first-order valence-corrected chi connectivity index (χ1v) is 7.63. The van der Waals surface area contributed by atoms with Crippen LogP contribution in [0.25, 0.3) is 0 Å². The predicted molar refractivity (Wildman–Crippen MR) is 86.9 cm³/mol. The van der Waals surface area contributed by atoms with Gasteiger partial charge in [-0.15, -0.1) is 6.42 Å². The Labute approximate surface area is 136 Å². The highest BCUT2D eigenvalue weighted by Crippen LogP contribution is 2.46. The lowest BCUT2D eigenvalue weighted by Crippen LogP contribution is -2.42. The standard InChI is InChI=1S/C18H20N2O3/c1-5-12-10-18(11-20(12)16(22)23-17(2,3)4)13-8-6-7-9-14(13)19-15(18)21/h1,6-9,12H,10-11H2,2-4H3,(H,19,21)/t12-,18+/m0/s1. The lowest BCUT2D eigenvalue weighted by molar-refractivity contribution is -0.120. The quantitative estimate of drug-likeness (QED) is 0.749. The normalized spacial score (nSPS) is 25.9. The third kappa shape index (κ3) is 2.44. The van der Waals surface area contributed by atoms with Crippen LogP contribution in [0.5, 0.6) is 0 Å². The molecule has 0 saturated carbocycles. The fourth-order valence-corrected chi connectivity index (χ4v) is 3.30. The molecule has 0 unspecified atom stereocenters. The summed E-state index contributed by atoms with van der Waals surface area (Å²) in [5.41, 5.74) is 0.294. The SMILES string of the molecule is C#C[C@H]1C[C@]2(CN1C(=O)OC(C)(C)C)C(=O)Nc1ccccc12. The molecule has 2 atom stereocenters. The maximum absolute atomic E-state index is 12.6. The van der Waals surface area contributed by atoms with E-state index in [0.29, 0.717) is 6.42 Å². The van der Waals surface area contributed by atoms with E-state index in [0.717, 1.165) is 11.3 Å². The molecule has 0 aliphatic carbocycles. The van der Waals surface area contributed by atoms with Crippen LogP contribution in [0.15, 0.2) is 24.3 Å². The maximum atomic E-state index is 12.6. The molecule has 2 aliphatic rings. The van der Waals surface area contributed by atoms with Gasteiger partial charge in [0, 0.05) is 12.2 Å². The second-order valence-electron chi connectivity index (χ2n) is 7.08. The van der Waals surface area contributed by atoms with E-state index in [4.69, 9.17) is 11.2 Å². The molecule has 1 aromatic carbocycles. The van der Waals surface area contributed by atoms with Crippen molar-refractivity contribution in [2.24, 2.45) is 0 Å². The topological polar surface area (TPSA) is 58.6 Å². The summed E-state index contributed by atoms with van der Waals surface area (Å²) in [6.45, 7) is 5.65. The van der Waals surface area contributed by atoms with Crippen molar-refractivity contribution in [1.29, 1.82) is 0 Å². The summed E-state index contributed by atoms with van der Waals surface area (Å²) >= 11 is 0. The molecular weight excluding hydrogens is 292 g/mol. The number of benzene rings is 1. The zero-order valence-electron chi connectivity index (χ0n) is 13.6. The van der Waals surface area contributed by atoms with Crippen LogP contribution in [0.1, 0.15) is 32.8 Å². The highest BCUT2D eigenvalue weighted by molar-refractivity contribution is 6.07. The molecule has 1 spiro atoms. The number of nitrogens with zero attached hydrogens (tertiary/aromatic N) is 1. The van der Waals surface area contributed by atoms with Crippen molar-refractivity contribution in [1.82, 2.24) is 4.90 Å². The van der Waals surface area contributed by atoms with E-state index >= 15 is 0 Å². The Balaban J connectivity index is 1.95. The molecule has 0 aromatic heterocycles. The molecule has 1 saturated heterocycles. The molecule has 1 aromatic rings. The Morgan fingerprint density at radius 2 is 2.13 bits per heavy atom. The van der Waals surface area contributed by atoms with Crippen molar-refractivity contribution in [3.05, 3.63) is 29.8 Å². The molecule has 1 N–H and O–H groups in total. The Morgan fingerprint density at radius 3 is 2.78 bits per heavy atom. The van der Waals surface area contributed by atoms with Crippen LogP contribution < -0.4 is 5.32 Å². The summed E-state index contributed by atoms with van der Waals surface area (Å²) in [4.78, 5) is 26.6. The lowest BCUT2D eigenvalue weighted by Gasteiger charge is -2.27. The van der Waals surface area contributed by atoms with Crippen LogP contribution in [0.2, 0.25) is 0 Å². The molecule has 2 aliphatic heterocycles. The van der Waals surface area contributed by atoms with E-state index in [1.807, 2.05) is 24.3 Å². The number of nitrogens with one attached hydrogen (secondary N) is 1. The number of hydrogen-bond acceptors (Lipinski definition) is 3. The van der Waals surface area contributed by atoms with Gasteiger partial charge in [0.1, 0.15) is 5.60 Å². The van der Waals surface area contributed by atoms with Crippen LogP contribution in [0, 0.1) is 12.3 Å². The van der Waals surface area contributed by atoms with Crippen LogP contribution in [-0.2, 0) is 14.9 Å². The molecule has 2 amide bonds. The highest BCUT2D eigenvalue weighted by Gasteiger charge is 2.56. The minimum atomic E-state index is -0.787. The number of likely N-dealkylation sites (tertiary alicyclic amines) is 1. The van der Waals surface area contributed by atoms with Gasteiger partial charge in [0.05, 0.1) is 11.5 Å². The Morgan fingerprint density at radius 1 is 1.43 bits per heavy atom. The van der Waals surface area contributed by atoms with E-state index in [9.17, 15) is 9.59 Å².